The minimum absolute atomic E-state index is 0.0301. The van der Waals surface area contributed by atoms with Crippen molar-refractivity contribution in [3.8, 4) is 0 Å². The molecule has 0 spiro atoms. The maximum Gasteiger partial charge on any atom is 0.243 e. The number of aryl methyl sites for hydroxylation is 1. The van der Waals surface area contributed by atoms with Crippen molar-refractivity contribution in [2.75, 3.05) is 6.54 Å². The fraction of sp³-hybridized carbons (Fsp3) is 0.300. The zero-order chi connectivity index (χ0) is 14.2. The standard InChI is InChI=1S/C10H11N3O4S2/c1-5-3-7-9(13-18-12-7)10(6(5)2)19(16,17)11-4-8(14)15/h3,11H,4H2,1-2H3,(H,14,15)/p-1. The summed E-state index contributed by atoms with van der Waals surface area (Å²) in [7, 11) is -3.97. The summed E-state index contributed by atoms with van der Waals surface area (Å²) in [4.78, 5) is 10.3. The number of sulfonamides is 1. The number of nitrogens with one attached hydrogen (secondary N) is 1. The highest BCUT2D eigenvalue weighted by molar-refractivity contribution is 7.89. The summed E-state index contributed by atoms with van der Waals surface area (Å²) in [6.07, 6.45) is 0. The van der Waals surface area contributed by atoms with Gasteiger partial charge >= 0.3 is 0 Å². The predicted octanol–water partition coefficient (Wildman–Crippen LogP) is -0.664. The fourth-order valence-corrected chi connectivity index (χ4v) is 3.69. The molecule has 0 fully saturated rings. The van der Waals surface area contributed by atoms with Crippen LogP contribution in [0.2, 0.25) is 0 Å². The number of aliphatic carboxylic acids is 1. The summed E-state index contributed by atoms with van der Waals surface area (Å²) < 4.78 is 34.2. The van der Waals surface area contributed by atoms with E-state index in [0.717, 1.165) is 17.3 Å². The van der Waals surface area contributed by atoms with E-state index >= 15 is 0 Å². The molecule has 2 rings (SSSR count). The smallest absolute Gasteiger partial charge is 0.243 e. The first-order chi connectivity index (χ1) is 8.83. The van der Waals surface area contributed by atoms with Gasteiger partial charge in [-0.2, -0.15) is 8.75 Å². The third-order valence-corrected chi connectivity index (χ3v) is 4.79. The van der Waals surface area contributed by atoms with Crippen LogP contribution in [0.4, 0.5) is 0 Å². The highest BCUT2D eigenvalue weighted by atomic mass is 32.2. The lowest BCUT2D eigenvalue weighted by Crippen LogP contribution is -2.38. The van der Waals surface area contributed by atoms with Gasteiger partial charge in [-0.15, -0.1) is 0 Å². The van der Waals surface area contributed by atoms with Crippen molar-refractivity contribution in [1.29, 1.82) is 0 Å². The van der Waals surface area contributed by atoms with Gasteiger partial charge in [-0.3, -0.25) is 0 Å². The zero-order valence-electron chi connectivity index (χ0n) is 10.1. The molecule has 0 aliphatic carbocycles. The van der Waals surface area contributed by atoms with Crippen LogP contribution in [0.3, 0.4) is 0 Å². The summed E-state index contributed by atoms with van der Waals surface area (Å²) in [5.74, 6) is -1.50. The van der Waals surface area contributed by atoms with Crippen LogP contribution in [0.25, 0.3) is 11.0 Å². The molecule has 9 heteroatoms. The molecule has 1 aromatic carbocycles. The van der Waals surface area contributed by atoms with E-state index < -0.39 is 22.5 Å². The van der Waals surface area contributed by atoms with Gasteiger partial charge in [-0.1, -0.05) is 0 Å². The first-order valence-electron chi connectivity index (χ1n) is 5.25. The van der Waals surface area contributed by atoms with Crippen LogP contribution >= 0.6 is 11.7 Å². The number of carboxylic acid groups (broad SMARTS) is 1. The third kappa shape index (κ3) is 2.57. The predicted molar refractivity (Wildman–Crippen MR) is 67.1 cm³/mol. The number of rotatable bonds is 4. The molecular weight excluding hydrogens is 290 g/mol. The van der Waals surface area contributed by atoms with E-state index in [9.17, 15) is 18.3 Å². The molecule has 0 amide bonds. The van der Waals surface area contributed by atoms with Crippen molar-refractivity contribution < 1.29 is 18.3 Å². The van der Waals surface area contributed by atoms with Crippen LogP contribution in [-0.2, 0) is 14.8 Å². The maximum atomic E-state index is 12.2. The monoisotopic (exact) mass is 300 g/mol. The molecule has 19 heavy (non-hydrogen) atoms. The second-order valence-electron chi connectivity index (χ2n) is 3.98. The molecule has 0 radical (unpaired) electrons. The number of fused-ring (bicyclic) bond motifs is 1. The lowest BCUT2D eigenvalue weighted by Gasteiger charge is -2.11. The van der Waals surface area contributed by atoms with Crippen molar-refractivity contribution in [2.24, 2.45) is 0 Å². The van der Waals surface area contributed by atoms with Gasteiger partial charge in [-0.05, 0) is 31.0 Å². The van der Waals surface area contributed by atoms with Gasteiger partial charge in [0.25, 0.3) is 0 Å². The van der Waals surface area contributed by atoms with Gasteiger partial charge in [0, 0.05) is 0 Å². The molecule has 0 unspecified atom stereocenters. The fourth-order valence-electron chi connectivity index (χ4n) is 1.67. The maximum absolute atomic E-state index is 12.2. The summed E-state index contributed by atoms with van der Waals surface area (Å²) in [5.41, 5.74) is 1.99. The number of carbonyl (C=O) groups is 1. The lowest BCUT2D eigenvalue weighted by molar-refractivity contribution is -0.303. The molecule has 102 valence electrons. The molecule has 0 bridgehead atoms. The average Bonchev–Trinajstić information content (AvgIpc) is 2.75. The van der Waals surface area contributed by atoms with Crippen molar-refractivity contribution in [3.05, 3.63) is 17.2 Å². The van der Waals surface area contributed by atoms with Crippen LogP contribution in [0.5, 0.6) is 0 Å². The number of carbonyl (C=O) groups excluding carboxylic acids is 1. The van der Waals surface area contributed by atoms with E-state index in [1.807, 2.05) is 4.72 Å². The Kier molecular flexibility index (Phi) is 3.52. The number of carboxylic acids is 1. The van der Waals surface area contributed by atoms with Crippen molar-refractivity contribution >= 4 is 38.8 Å². The topological polar surface area (TPSA) is 112 Å². The van der Waals surface area contributed by atoms with E-state index in [4.69, 9.17) is 0 Å². The highest BCUT2D eigenvalue weighted by Crippen LogP contribution is 2.27. The molecule has 1 heterocycles. The van der Waals surface area contributed by atoms with Crippen LogP contribution in [0, 0.1) is 13.8 Å². The Hall–Kier alpha value is -1.58. The second-order valence-corrected chi connectivity index (χ2v) is 6.21. The number of benzene rings is 1. The Morgan fingerprint density at radius 2 is 2.11 bits per heavy atom. The van der Waals surface area contributed by atoms with Crippen LogP contribution in [0.15, 0.2) is 11.0 Å². The largest absolute Gasteiger partial charge is 0.549 e. The quantitative estimate of drug-likeness (QED) is 0.802. The SMILES string of the molecule is Cc1cc2nsnc2c(S(=O)(=O)NCC(=O)[O-])c1C. The summed E-state index contributed by atoms with van der Waals surface area (Å²) in [6.45, 7) is 2.61. The van der Waals surface area contributed by atoms with Crippen molar-refractivity contribution in [1.82, 2.24) is 13.5 Å². The Morgan fingerprint density at radius 3 is 2.74 bits per heavy atom. The van der Waals surface area contributed by atoms with Gasteiger partial charge in [-0.25, -0.2) is 13.1 Å². The minimum atomic E-state index is -3.97. The van der Waals surface area contributed by atoms with Gasteiger partial charge in [0.2, 0.25) is 10.0 Å². The molecule has 0 atom stereocenters. The van der Waals surface area contributed by atoms with Crippen LogP contribution in [0.1, 0.15) is 11.1 Å². The minimum Gasteiger partial charge on any atom is -0.549 e. The normalized spacial score (nSPS) is 11.9. The van der Waals surface area contributed by atoms with Crippen molar-refractivity contribution in [3.63, 3.8) is 0 Å². The van der Waals surface area contributed by atoms with Gasteiger partial charge < -0.3 is 9.90 Å². The molecule has 0 saturated heterocycles. The molecule has 0 aliphatic rings. The molecule has 1 N–H and O–H groups in total. The van der Waals surface area contributed by atoms with E-state index in [0.29, 0.717) is 11.1 Å². The summed E-state index contributed by atoms with van der Waals surface area (Å²) in [5, 5.41) is 10.4. The van der Waals surface area contributed by atoms with Gasteiger partial charge in [0.1, 0.15) is 15.9 Å². The Labute approximate surface area is 113 Å². The van der Waals surface area contributed by atoms with E-state index in [1.54, 1.807) is 19.9 Å². The molecule has 1 aromatic heterocycles. The number of nitrogens with zero attached hydrogens (tertiary/aromatic N) is 2. The van der Waals surface area contributed by atoms with E-state index in [1.165, 1.54) is 0 Å². The number of aromatic nitrogens is 2. The van der Waals surface area contributed by atoms with E-state index in [-0.39, 0.29) is 10.4 Å². The van der Waals surface area contributed by atoms with Crippen LogP contribution < -0.4 is 9.83 Å². The average molecular weight is 300 g/mol. The molecule has 7 nitrogen and oxygen atoms in total. The zero-order valence-corrected chi connectivity index (χ0v) is 11.8. The molecule has 0 saturated carbocycles. The lowest BCUT2D eigenvalue weighted by atomic mass is 10.1. The van der Waals surface area contributed by atoms with Gasteiger partial charge in [0.05, 0.1) is 24.2 Å². The molecule has 0 aliphatic heterocycles. The van der Waals surface area contributed by atoms with Crippen molar-refractivity contribution in [2.45, 2.75) is 18.7 Å². The Morgan fingerprint density at radius 1 is 1.42 bits per heavy atom. The first kappa shape index (κ1) is 13.8. The van der Waals surface area contributed by atoms with Gasteiger partial charge in [0.15, 0.2) is 0 Å². The second kappa shape index (κ2) is 4.83. The van der Waals surface area contributed by atoms with E-state index in [2.05, 4.69) is 8.75 Å². The number of hydrogen-bond donors (Lipinski definition) is 1. The summed E-state index contributed by atoms with van der Waals surface area (Å²) in [6, 6.07) is 1.74. The third-order valence-electron chi connectivity index (χ3n) is 2.69. The first-order valence-corrected chi connectivity index (χ1v) is 7.46. The molecular formula is C10H10N3O4S2-. The highest BCUT2D eigenvalue weighted by Gasteiger charge is 2.23. The number of hydrogen-bond acceptors (Lipinski definition) is 7. The van der Waals surface area contributed by atoms with Crippen LogP contribution in [-0.4, -0.2) is 29.7 Å². The molecule has 2 aromatic rings. The Balaban J connectivity index is 2.63. The summed E-state index contributed by atoms with van der Waals surface area (Å²) >= 11 is 0.904. The Bertz CT molecular complexity index is 751.